The Balaban J connectivity index is 2.20. The summed E-state index contributed by atoms with van der Waals surface area (Å²) >= 11 is 0. The first kappa shape index (κ1) is 12.5. The van der Waals surface area contributed by atoms with Gasteiger partial charge in [-0.3, -0.25) is 4.79 Å². The largest absolute Gasteiger partial charge is 0.354 e. The second-order valence-corrected chi connectivity index (χ2v) is 4.22. The van der Waals surface area contributed by atoms with E-state index in [4.69, 9.17) is 10.3 Å². The van der Waals surface area contributed by atoms with Gasteiger partial charge in [-0.2, -0.15) is 0 Å². The molecule has 7 nitrogen and oxygen atoms in total. The molecule has 0 spiro atoms. The number of amides is 1. The van der Waals surface area contributed by atoms with Gasteiger partial charge in [0.15, 0.2) is 0 Å². The number of nitrogens with one attached hydrogen (secondary N) is 1. The zero-order chi connectivity index (χ0) is 13.1. The fourth-order valence-electron chi connectivity index (χ4n) is 2.14. The Morgan fingerprint density at radius 2 is 2.56 bits per heavy atom. The van der Waals surface area contributed by atoms with E-state index >= 15 is 0 Å². The molecule has 0 aromatic rings. The van der Waals surface area contributed by atoms with Crippen LogP contribution in [0.3, 0.4) is 0 Å². The molecule has 2 aliphatic heterocycles. The van der Waals surface area contributed by atoms with Crippen LogP contribution in [0.25, 0.3) is 10.4 Å². The minimum atomic E-state index is -0.407. The molecular weight excluding hydrogens is 234 g/mol. The van der Waals surface area contributed by atoms with Gasteiger partial charge in [-0.15, -0.1) is 0 Å². The smallest absolute Gasteiger partial charge is 0.250 e. The normalized spacial score (nSPS) is 31.2. The van der Waals surface area contributed by atoms with Crippen LogP contribution < -0.4 is 5.32 Å². The lowest BCUT2D eigenvalue weighted by molar-refractivity contribution is -0.117. The highest BCUT2D eigenvalue weighted by atomic mass is 16.5. The SMILES string of the molecule is C=C1NC(=O)C=CN1[C@@H]1O[C@H](CC)C[C@@H]1N=[N+]=[N-]. The molecule has 2 rings (SSSR count). The minimum absolute atomic E-state index is 0.0596. The van der Waals surface area contributed by atoms with Crippen molar-refractivity contribution >= 4 is 5.91 Å². The van der Waals surface area contributed by atoms with Crippen molar-refractivity contribution in [2.75, 3.05) is 0 Å². The van der Waals surface area contributed by atoms with Crippen molar-refractivity contribution in [1.29, 1.82) is 0 Å². The summed E-state index contributed by atoms with van der Waals surface area (Å²) in [7, 11) is 0. The van der Waals surface area contributed by atoms with Crippen LogP contribution in [0.5, 0.6) is 0 Å². The molecule has 2 aliphatic rings. The first-order valence-electron chi connectivity index (χ1n) is 5.81. The molecule has 1 amide bonds. The molecule has 3 atom stereocenters. The first-order valence-corrected chi connectivity index (χ1v) is 5.81. The van der Waals surface area contributed by atoms with Gasteiger partial charge in [0.2, 0.25) is 0 Å². The Morgan fingerprint density at radius 1 is 1.78 bits per heavy atom. The molecule has 7 heteroatoms. The summed E-state index contributed by atoms with van der Waals surface area (Å²) in [6.45, 7) is 5.78. The predicted octanol–water partition coefficient (Wildman–Crippen LogP) is 1.61. The number of azide groups is 1. The second-order valence-electron chi connectivity index (χ2n) is 4.22. The summed E-state index contributed by atoms with van der Waals surface area (Å²) in [5.74, 6) is 0.212. The van der Waals surface area contributed by atoms with E-state index in [0.29, 0.717) is 12.2 Å². The van der Waals surface area contributed by atoms with Crippen molar-refractivity contribution in [2.24, 2.45) is 5.11 Å². The third-order valence-corrected chi connectivity index (χ3v) is 3.06. The summed E-state index contributed by atoms with van der Waals surface area (Å²) in [4.78, 5) is 15.7. The van der Waals surface area contributed by atoms with Crippen molar-refractivity contribution in [3.63, 3.8) is 0 Å². The Hall–Kier alpha value is -1.98. The highest BCUT2D eigenvalue weighted by Gasteiger charge is 2.38. The summed E-state index contributed by atoms with van der Waals surface area (Å²) in [6.07, 6.45) is 4.18. The van der Waals surface area contributed by atoms with Gasteiger partial charge in [0.25, 0.3) is 5.91 Å². The maximum absolute atomic E-state index is 11.2. The molecule has 96 valence electrons. The number of hydrogen-bond donors (Lipinski definition) is 1. The Bertz CT molecular complexity index is 441. The topological polar surface area (TPSA) is 90.3 Å². The van der Waals surface area contributed by atoms with Crippen molar-refractivity contribution < 1.29 is 9.53 Å². The average molecular weight is 249 g/mol. The molecule has 1 fully saturated rings. The molecule has 0 aromatic carbocycles. The first-order chi connectivity index (χ1) is 8.65. The van der Waals surface area contributed by atoms with Gasteiger partial charge in [0.05, 0.1) is 12.1 Å². The van der Waals surface area contributed by atoms with Crippen LogP contribution >= 0.6 is 0 Å². The van der Waals surface area contributed by atoms with E-state index in [2.05, 4.69) is 21.9 Å². The molecule has 2 heterocycles. The predicted molar refractivity (Wildman–Crippen MR) is 64.8 cm³/mol. The molecule has 0 saturated carbocycles. The second kappa shape index (κ2) is 5.12. The molecule has 0 radical (unpaired) electrons. The van der Waals surface area contributed by atoms with Gasteiger partial charge in [-0.1, -0.05) is 18.6 Å². The van der Waals surface area contributed by atoms with E-state index in [1.807, 2.05) is 6.92 Å². The quantitative estimate of drug-likeness (QED) is 0.468. The van der Waals surface area contributed by atoms with Gasteiger partial charge in [0, 0.05) is 17.2 Å². The molecule has 0 aromatic heterocycles. The summed E-state index contributed by atoms with van der Waals surface area (Å²) in [5.41, 5.74) is 8.58. The van der Waals surface area contributed by atoms with Crippen molar-refractivity contribution in [1.82, 2.24) is 10.2 Å². The summed E-state index contributed by atoms with van der Waals surface area (Å²) < 4.78 is 5.82. The zero-order valence-electron chi connectivity index (χ0n) is 10.1. The minimum Gasteiger partial charge on any atom is -0.354 e. The third kappa shape index (κ3) is 2.32. The van der Waals surface area contributed by atoms with Crippen molar-refractivity contribution in [2.45, 2.75) is 38.1 Å². The molecule has 0 bridgehead atoms. The van der Waals surface area contributed by atoms with Gasteiger partial charge < -0.3 is 15.0 Å². The number of carbonyl (C=O) groups excluding carboxylic acids is 1. The van der Waals surface area contributed by atoms with Crippen LogP contribution in [0.15, 0.2) is 29.8 Å². The van der Waals surface area contributed by atoms with Gasteiger partial charge in [0.1, 0.15) is 12.0 Å². The average Bonchev–Trinajstić information content (AvgIpc) is 2.73. The molecule has 1 saturated heterocycles. The van der Waals surface area contributed by atoms with E-state index in [1.54, 1.807) is 11.1 Å². The Kier molecular flexibility index (Phi) is 3.55. The van der Waals surface area contributed by atoms with Crippen molar-refractivity contribution in [3.8, 4) is 0 Å². The number of nitrogens with zero attached hydrogens (tertiary/aromatic N) is 4. The van der Waals surface area contributed by atoms with Crippen LogP contribution in [-0.4, -0.2) is 29.2 Å². The Labute approximate surface area is 105 Å². The van der Waals surface area contributed by atoms with Gasteiger partial charge in [-0.05, 0) is 18.4 Å². The van der Waals surface area contributed by atoms with Crippen LogP contribution in [0.1, 0.15) is 19.8 Å². The van der Waals surface area contributed by atoms with E-state index in [0.717, 1.165) is 6.42 Å². The highest BCUT2D eigenvalue weighted by Crippen LogP contribution is 2.30. The highest BCUT2D eigenvalue weighted by molar-refractivity contribution is 5.89. The summed E-state index contributed by atoms with van der Waals surface area (Å²) in [6, 6.07) is -0.281. The standard InChI is InChI=1S/C11H15N5O2/c1-3-8-6-9(14-15-12)11(18-8)16-5-4-10(17)13-7(16)2/h4-5,8-9,11H,2-3,6H2,1H3,(H,13,17)/t8-,9+,11-/m1/s1. The fourth-order valence-corrected chi connectivity index (χ4v) is 2.14. The maximum atomic E-state index is 11.2. The van der Waals surface area contributed by atoms with Gasteiger partial charge >= 0.3 is 0 Å². The number of ether oxygens (including phenoxy) is 1. The van der Waals surface area contributed by atoms with Crippen molar-refractivity contribution in [3.05, 3.63) is 35.1 Å². The lowest BCUT2D eigenvalue weighted by Gasteiger charge is -2.32. The number of carbonyl (C=O) groups is 1. The lowest BCUT2D eigenvalue weighted by atomic mass is 10.1. The lowest BCUT2D eigenvalue weighted by Crippen LogP contribution is -2.44. The number of rotatable bonds is 3. The maximum Gasteiger partial charge on any atom is 0.250 e. The molecule has 1 N–H and O–H groups in total. The monoisotopic (exact) mass is 249 g/mol. The van der Waals surface area contributed by atoms with E-state index in [9.17, 15) is 4.79 Å². The Morgan fingerprint density at radius 3 is 3.17 bits per heavy atom. The van der Waals surface area contributed by atoms with Crippen LogP contribution in [0, 0.1) is 0 Å². The zero-order valence-corrected chi connectivity index (χ0v) is 10.1. The third-order valence-electron chi connectivity index (χ3n) is 3.06. The van der Waals surface area contributed by atoms with E-state index < -0.39 is 6.23 Å². The van der Waals surface area contributed by atoms with Crippen LogP contribution in [-0.2, 0) is 9.53 Å². The molecule has 18 heavy (non-hydrogen) atoms. The van der Waals surface area contributed by atoms with Crippen LogP contribution in [0.4, 0.5) is 0 Å². The van der Waals surface area contributed by atoms with E-state index in [-0.39, 0.29) is 18.1 Å². The molecule has 0 unspecified atom stereocenters. The van der Waals surface area contributed by atoms with Crippen LogP contribution in [0.2, 0.25) is 0 Å². The fraction of sp³-hybridized carbons (Fsp3) is 0.545. The summed E-state index contributed by atoms with van der Waals surface area (Å²) in [5, 5.41) is 6.35. The van der Waals surface area contributed by atoms with Gasteiger partial charge in [-0.25, -0.2) is 0 Å². The van der Waals surface area contributed by atoms with E-state index in [1.165, 1.54) is 6.08 Å². The number of hydrogen-bond acceptors (Lipinski definition) is 4. The molecular formula is C11H15N5O2. The molecule has 0 aliphatic carbocycles.